The predicted molar refractivity (Wildman–Crippen MR) is 96.3 cm³/mol. The maximum Gasteiger partial charge on any atom is 0.256 e. The third-order valence-corrected chi connectivity index (χ3v) is 4.60. The van der Waals surface area contributed by atoms with Gasteiger partial charge in [-0.15, -0.1) is 0 Å². The Hall–Kier alpha value is -0.790. The Labute approximate surface area is 138 Å². The van der Waals surface area contributed by atoms with Gasteiger partial charge in [0.15, 0.2) is 0 Å². The molecule has 0 bridgehead atoms. The molecule has 0 aromatic carbocycles. The van der Waals surface area contributed by atoms with E-state index in [9.17, 15) is 0 Å². The van der Waals surface area contributed by atoms with Crippen molar-refractivity contribution < 1.29 is 4.57 Å². The van der Waals surface area contributed by atoms with Gasteiger partial charge in [-0.25, -0.2) is 9.13 Å². The molecule has 0 saturated heterocycles. The molecule has 2 nitrogen and oxygen atoms in total. The maximum atomic E-state index is 2.45. The number of imidazole rings is 1. The SMILES string of the molecule is CCCCCCCCCCCc1n(C(C)C)cc[n+]1C(C)C. The Morgan fingerprint density at radius 3 is 1.91 bits per heavy atom. The molecule has 0 saturated carbocycles. The van der Waals surface area contributed by atoms with E-state index < -0.39 is 0 Å². The van der Waals surface area contributed by atoms with Crippen molar-refractivity contribution in [3.8, 4) is 0 Å². The van der Waals surface area contributed by atoms with Crippen LogP contribution in [0.4, 0.5) is 0 Å². The summed E-state index contributed by atoms with van der Waals surface area (Å²) in [6.45, 7) is 11.4. The van der Waals surface area contributed by atoms with Crippen molar-refractivity contribution in [3.05, 3.63) is 18.2 Å². The molecular formula is C20H39N2+. The summed E-state index contributed by atoms with van der Waals surface area (Å²) >= 11 is 0. The van der Waals surface area contributed by atoms with E-state index in [1.165, 1.54) is 70.0 Å². The highest BCUT2D eigenvalue weighted by Gasteiger charge is 2.20. The van der Waals surface area contributed by atoms with Gasteiger partial charge in [-0.3, -0.25) is 0 Å². The van der Waals surface area contributed by atoms with E-state index in [4.69, 9.17) is 0 Å². The summed E-state index contributed by atoms with van der Waals surface area (Å²) < 4.78 is 4.90. The Morgan fingerprint density at radius 1 is 0.864 bits per heavy atom. The Balaban J connectivity index is 2.28. The van der Waals surface area contributed by atoms with Crippen LogP contribution in [0.2, 0.25) is 0 Å². The third-order valence-electron chi connectivity index (χ3n) is 4.60. The van der Waals surface area contributed by atoms with Crippen LogP contribution in [0.3, 0.4) is 0 Å². The lowest BCUT2D eigenvalue weighted by molar-refractivity contribution is -0.722. The van der Waals surface area contributed by atoms with Crippen LogP contribution in [-0.2, 0) is 6.42 Å². The van der Waals surface area contributed by atoms with Gasteiger partial charge >= 0.3 is 0 Å². The van der Waals surface area contributed by atoms with Crippen molar-refractivity contribution in [1.82, 2.24) is 4.57 Å². The second-order valence-electron chi connectivity index (χ2n) is 7.29. The van der Waals surface area contributed by atoms with Crippen molar-refractivity contribution >= 4 is 0 Å². The lowest BCUT2D eigenvalue weighted by atomic mass is 10.1. The summed E-state index contributed by atoms with van der Waals surface area (Å²) in [7, 11) is 0. The first-order chi connectivity index (χ1) is 10.6. The largest absolute Gasteiger partial charge is 0.256 e. The molecule has 128 valence electrons. The quantitative estimate of drug-likeness (QED) is 0.330. The van der Waals surface area contributed by atoms with E-state index in [1.807, 2.05) is 0 Å². The molecule has 0 radical (unpaired) electrons. The average Bonchev–Trinajstić information content (AvgIpc) is 2.89. The zero-order chi connectivity index (χ0) is 16.4. The normalized spacial score (nSPS) is 11.8. The molecule has 0 atom stereocenters. The van der Waals surface area contributed by atoms with E-state index >= 15 is 0 Å². The van der Waals surface area contributed by atoms with Gasteiger partial charge in [0.25, 0.3) is 5.82 Å². The van der Waals surface area contributed by atoms with Gasteiger partial charge in [-0.05, 0) is 34.1 Å². The number of unbranched alkanes of at least 4 members (excludes halogenated alkanes) is 8. The molecule has 0 spiro atoms. The summed E-state index contributed by atoms with van der Waals surface area (Å²) in [5.41, 5.74) is 0. The minimum Gasteiger partial charge on any atom is -0.232 e. The van der Waals surface area contributed by atoms with E-state index in [-0.39, 0.29) is 0 Å². The molecular weight excluding hydrogens is 268 g/mol. The van der Waals surface area contributed by atoms with E-state index in [2.05, 4.69) is 56.1 Å². The van der Waals surface area contributed by atoms with Gasteiger partial charge in [-0.1, -0.05) is 58.3 Å². The number of nitrogens with zero attached hydrogens (tertiary/aromatic N) is 2. The maximum absolute atomic E-state index is 2.45. The minimum absolute atomic E-state index is 0.563. The van der Waals surface area contributed by atoms with Crippen molar-refractivity contribution in [3.63, 3.8) is 0 Å². The third kappa shape index (κ3) is 6.54. The smallest absolute Gasteiger partial charge is 0.232 e. The topological polar surface area (TPSA) is 8.81 Å². The second kappa shape index (κ2) is 10.9. The summed E-state index contributed by atoms with van der Waals surface area (Å²) in [6, 6.07) is 1.13. The molecule has 0 amide bonds. The highest BCUT2D eigenvalue weighted by atomic mass is 15.2. The van der Waals surface area contributed by atoms with Crippen LogP contribution in [0, 0.1) is 0 Å². The van der Waals surface area contributed by atoms with Gasteiger partial charge in [0.2, 0.25) is 0 Å². The van der Waals surface area contributed by atoms with E-state index in [1.54, 1.807) is 0 Å². The van der Waals surface area contributed by atoms with Crippen LogP contribution in [0.1, 0.15) is 110 Å². The van der Waals surface area contributed by atoms with E-state index in [0.717, 1.165) is 0 Å². The summed E-state index contributed by atoms with van der Waals surface area (Å²) in [5, 5.41) is 0. The highest BCUT2D eigenvalue weighted by Crippen LogP contribution is 2.14. The monoisotopic (exact) mass is 307 g/mol. The predicted octanol–water partition coefficient (Wildman–Crippen LogP) is 6.01. The molecule has 22 heavy (non-hydrogen) atoms. The fraction of sp³-hybridized carbons (Fsp3) is 0.850. The Morgan fingerprint density at radius 2 is 1.41 bits per heavy atom. The number of aromatic nitrogens is 2. The summed E-state index contributed by atoms with van der Waals surface area (Å²) in [6.07, 6.45) is 18.4. The van der Waals surface area contributed by atoms with Crippen molar-refractivity contribution in [2.45, 2.75) is 111 Å². The first kappa shape index (κ1) is 19.3. The Bertz CT molecular complexity index is 365. The lowest BCUT2D eigenvalue weighted by Gasteiger charge is -2.09. The van der Waals surface area contributed by atoms with Crippen LogP contribution >= 0.6 is 0 Å². The summed E-state index contributed by atoms with van der Waals surface area (Å²) in [5.74, 6) is 1.51. The fourth-order valence-corrected chi connectivity index (χ4v) is 3.24. The zero-order valence-corrected chi connectivity index (χ0v) is 15.8. The van der Waals surface area contributed by atoms with Crippen molar-refractivity contribution in [2.24, 2.45) is 0 Å². The molecule has 1 aromatic rings. The van der Waals surface area contributed by atoms with Crippen LogP contribution in [0.15, 0.2) is 12.4 Å². The fourth-order valence-electron chi connectivity index (χ4n) is 3.24. The number of hydrogen-bond donors (Lipinski definition) is 0. The molecule has 0 aliphatic carbocycles. The van der Waals surface area contributed by atoms with Gasteiger partial charge in [0.05, 0.1) is 12.1 Å². The van der Waals surface area contributed by atoms with Crippen molar-refractivity contribution in [1.29, 1.82) is 0 Å². The van der Waals surface area contributed by atoms with Gasteiger partial charge < -0.3 is 0 Å². The van der Waals surface area contributed by atoms with Crippen LogP contribution in [0.5, 0.6) is 0 Å². The second-order valence-corrected chi connectivity index (χ2v) is 7.29. The molecule has 0 aliphatic heterocycles. The highest BCUT2D eigenvalue weighted by molar-refractivity contribution is 4.87. The van der Waals surface area contributed by atoms with Crippen LogP contribution in [0.25, 0.3) is 0 Å². The first-order valence-corrected chi connectivity index (χ1v) is 9.68. The summed E-state index contributed by atoms with van der Waals surface area (Å²) in [4.78, 5) is 0. The molecule has 0 N–H and O–H groups in total. The Kier molecular flexibility index (Phi) is 9.50. The molecule has 1 rings (SSSR count). The van der Waals surface area contributed by atoms with Crippen LogP contribution < -0.4 is 4.57 Å². The minimum atomic E-state index is 0.563. The zero-order valence-electron chi connectivity index (χ0n) is 15.8. The lowest BCUT2D eigenvalue weighted by Crippen LogP contribution is -2.39. The van der Waals surface area contributed by atoms with Gasteiger partial charge in [0, 0.05) is 6.42 Å². The average molecular weight is 308 g/mol. The number of rotatable bonds is 12. The van der Waals surface area contributed by atoms with E-state index in [0.29, 0.717) is 12.1 Å². The molecule has 0 fully saturated rings. The molecule has 1 heterocycles. The molecule has 0 aliphatic rings. The van der Waals surface area contributed by atoms with Crippen LogP contribution in [-0.4, -0.2) is 4.57 Å². The van der Waals surface area contributed by atoms with Gasteiger partial charge in [-0.2, -0.15) is 0 Å². The molecule has 2 heteroatoms. The molecule has 0 unspecified atom stereocenters. The van der Waals surface area contributed by atoms with Crippen molar-refractivity contribution in [2.75, 3.05) is 0 Å². The standard InChI is InChI=1S/C20H39N2/c1-6-7-8-9-10-11-12-13-14-15-20-21(18(2)3)16-17-22(20)19(4)5/h16-19H,6-15H2,1-5H3/q+1. The first-order valence-electron chi connectivity index (χ1n) is 9.68. The number of hydrogen-bond acceptors (Lipinski definition) is 0. The molecule has 1 aromatic heterocycles. The van der Waals surface area contributed by atoms with Gasteiger partial charge in [0.1, 0.15) is 12.4 Å².